The van der Waals surface area contributed by atoms with Crippen molar-refractivity contribution in [1.29, 1.82) is 0 Å². The molecule has 1 aromatic carbocycles. The van der Waals surface area contributed by atoms with Crippen LogP contribution in [0.2, 0.25) is 0 Å². The van der Waals surface area contributed by atoms with Gasteiger partial charge in [0.25, 0.3) is 11.8 Å². The molecule has 0 radical (unpaired) electrons. The molecule has 1 saturated heterocycles. The fourth-order valence-electron chi connectivity index (χ4n) is 4.60. The zero-order valence-electron chi connectivity index (χ0n) is 20.6. The highest BCUT2D eigenvalue weighted by Gasteiger charge is 2.26. The van der Waals surface area contributed by atoms with Crippen molar-refractivity contribution in [3.8, 4) is 11.3 Å². The number of nitrogens with one attached hydrogen (secondary N) is 1. The molecule has 1 N–H and O–H groups in total. The molecule has 3 aromatic heterocycles. The van der Waals surface area contributed by atoms with E-state index in [2.05, 4.69) is 15.3 Å². The van der Waals surface area contributed by atoms with E-state index in [0.717, 1.165) is 47.4 Å². The largest absolute Gasteiger partial charge is 0.321 e. The fraction of sp³-hybridized carbons (Fsp3) is 0.333. The van der Waals surface area contributed by atoms with Crippen molar-refractivity contribution in [3.05, 3.63) is 65.3 Å². The van der Waals surface area contributed by atoms with Crippen molar-refractivity contribution in [1.82, 2.24) is 24.8 Å². The quantitative estimate of drug-likeness (QED) is 0.371. The second-order valence-corrected chi connectivity index (χ2v) is 9.84. The molecule has 1 aliphatic heterocycles. The van der Waals surface area contributed by atoms with E-state index in [9.17, 15) is 9.59 Å². The topological polar surface area (TPSA) is 83.4 Å². The average Bonchev–Trinajstić information content (AvgIpc) is 3.55. The van der Waals surface area contributed by atoms with Crippen molar-refractivity contribution in [2.24, 2.45) is 0 Å². The summed E-state index contributed by atoms with van der Waals surface area (Å²) in [5, 5.41) is 12.6. The van der Waals surface area contributed by atoms with Gasteiger partial charge in [0.05, 0.1) is 10.6 Å². The summed E-state index contributed by atoms with van der Waals surface area (Å²) in [7, 11) is 0. The van der Waals surface area contributed by atoms with Crippen LogP contribution in [0.1, 0.15) is 53.3 Å². The van der Waals surface area contributed by atoms with Crippen LogP contribution in [0.15, 0.2) is 54.7 Å². The predicted octanol–water partition coefficient (Wildman–Crippen LogP) is 5.30. The van der Waals surface area contributed by atoms with Crippen LogP contribution in [-0.4, -0.2) is 56.2 Å². The van der Waals surface area contributed by atoms with Crippen LogP contribution in [0.5, 0.6) is 0 Å². The lowest BCUT2D eigenvalue weighted by molar-refractivity contribution is -0.0190. The van der Waals surface area contributed by atoms with Gasteiger partial charge in [-0.05, 0) is 57.0 Å². The average molecular weight is 503 g/mol. The number of piperidine rings is 1. The number of pyridine rings is 1. The maximum absolute atomic E-state index is 13.4. The molecule has 2 amide bonds. The Morgan fingerprint density at radius 1 is 1.06 bits per heavy atom. The van der Waals surface area contributed by atoms with E-state index < -0.39 is 0 Å². The Bertz CT molecular complexity index is 1340. The zero-order valence-corrected chi connectivity index (χ0v) is 21.4. The number of carbonyl (C=O) groups is 2. The molecule has 0 unspecified atom stereocenters. The number of fused-ring (bicyclic) bond motifs is 1. The highest BCUT2D eigenvalue weighted by molar-refractivity contribution is 7.20. The zero-order chi connectivity index (χ0) is 25.1. The van der Waals surface area contributed by atoms with Gasteiger partial charge in [0, 0.05) is 49.0 Å². The smallest absolute Gasteiger partial charge is 0.286 e. The summed E-state index contributed by atoms with van der Waals surface area (Å²) < 4.78 is 1.77. The van der Waals surface area contributed by atoms with Crippen LogP contribution < -0.4 is 5.32 Å². The number of hydrogen-bond acceptors (Lipinski definition) is 6. The summed E-state index contributed by atoms with van der Waals surface area (Å²) in [5.74, 6) is -0.173. The molecule has 0 spiro atoms. The Labute approximate surface area is 214 Å². The lowest BCUT2D eigenvalue weighted by Gasteiger charge is -2.36. The Morgan fingerprint density at radius 2 is 1.83 bits per heavy atom. The normalized spacial score (nSPS) is 14.2. The monoisotopic (exact) mass is 502 g/mol. The van der Waals surface area contributed by atoms with Gasteiger partial charge < -0.3 is 5.32 Å². The maximum atomic E-state index is 13.4. The Hall–Kier alpha value is -3.56. The van der Waals surface area contributed by atoms with E-state index in [1.165, 1.54) is 17.8 Å². The number of anilines is 1. The summed E-state index contributed by atoms with van der Waals surface area (Å²) in [5.41, 5.74) is 2.92. The Morgan fingerprint density at radius 3 is 2.53 bits per heavy atom. The molecule has 186 valence electrons. The van der Waals surface area contributed by atoms with E-state index in [-0.39, 0.29) is 11.8 Å². The molecule has 5 rings (SSSR count). The molecule has 0 aliphatic carbocycles. The van der Waals surface area contributed by atoms with Crippen molar-refractivity contribution in [3.63, 3.8) is 0 Å². The minimum atomic E-state index is -0.161. The second kappa shape index (κ2) is 10.6. The Balaban J connectivity index is 1.32. The number of aryl methyl sites for hydroxylation is 1. The number of amides is 2. The molecule has 0 saturated carbocycles. The fourth-order valence-corrected chi connectivity index (χ4v) is 5.49. The van der Waals surface area contributed by atoms with Gasteiger partial charge in [-0.2, -0.15) is 5.10 Å². The van der Waals surface area contributed by atoms with Crippen LogP contribution in [0, 0.1) is 0 Å². The lowest BCUT2D eigenvalue weighted by atomic mass is 10.1. The number of thiophene rings is 1. The van der Waals surface area contributed by atoms with Crippen molar-refractivity contribution < 1.29 is 9.59 Å². The standard InChI is InChI=1S/C27H30N6O2S/c1-3-32-23(27(35)33(4-2)31-15-6-5-7-16-31)18-22(30-32)19-10-12-21(13-11-19)29-25(34)24-17-20-9-8-14-28-26(20)36-24/h8-14,17-18H,3-7,15-16H2,1-2H3,(H,29,34). The molecule has 8 nitrogen and oxygen atoms in total. The molecule has 1 aliphatic rings. The summed E-state index contributed by atoms with van der Waals surface area (Å²) in [6.45, 7) is 7.08. The van der Waals surface area contributed by atoms with E-state index in [4.69, 9.17) is 5.10 Å². The summed E-state index contributed by atoms with van der Waals surface area (Å²) in [4.78, 5) is 31.9. The van der Waals surface area contributed by atoms with Gasteiger partial charge in [-0.3, -0.25) is 19.3 Å². The van der Waals surface area contributed by atoms with E-state index in [0.29, 0.717) is 29.3 Å². The number of carbonyl (C=O) groups excluding carboxylic acids is 2. The van der Waals surface area contributed by atoms with Crippen molar-refractivity contribution >= 4 is 39.1 Å². The highest BCUT2D eigenvalue weighted by atomic mass is 32.1. The van der Waals surface area contributed by atoms with Gasteiger partial charge in [0.2, 0.25) is 0 Å². The highest BCUT2D eigenvalue weighted by Crippen LogP contribution is 2.26. The van der Waals surface area contributed by atoms with Crippen LogP contribution in [0.25, 0.3) is 21.5 Å². The number of hydrogen-bond donors (Lipinski definition) is 1. The first-order chi connectivity index (χ1) is 17.6. The minimum absolute atomic E-state index is 0.0123. The van der Waals surface area contributed by atoms with E-state index in [1.54, 1.807) is 10.9 Å². The van der Waals surface area contributed by atoms with E-state index in [1.807, 2.05) is 67.4 Å². The third kappa shape index (κ3) is 4.89. The number of aromatic nitrogens is 3. The molecule has 1 fully saturated rings. The number of hydrazine groups is 1. The number of benzene rings is 1. The molecular weight excluding hydrogens is 472 g/mol. The molecule has 4 aromatic rings. The first-order valence-electron chi connectivity index (χ1n) is 12.5. The molecule has 0 bridgehead atoms. The third-order valence-corrected chi connectivity index (χ3v) is 7.52. The van der Waals surface area contributed by atoms with Crippen LogP contribution >= 0.6 is 11.3 Å². The molecule has 0 atom stereocenters. The van der Waals surface area contributed by atoms with Gasteiger partial charge in [-0.15, -0.1) is 11.3 Å². The summed E-state index contributed by atoms with van der Waals surface area (Å²) in [6, 6.07) is 15.1. The van der Waals surface area contributed by atoms with Crippen LogP contribution in [0.4, 0.5) is 5.69 Å². The van der Waals surface area contributed by atoms with Crippen molar-refractivity contribution in [2.45, 2.75) is 39.7 Å². The summed E-state index contributed by atoms with van der Waals surface area (Å²) >= 11 is 1.37. The second-order valence-electron chi connectivity index (χ2n) is 8.81. The van der Waals surface area contributed by atoms with Crippen LogP contribution in [-0.2, 0) is 6.54 Å². The lowest BCUT2D eigenvalue weighted by Crippen LogP contribution is -2.49. The summed E-state index contributed by atoms with van der Waals surface area (Å²) in [6.07, 6.45) is 5.18. The van der Waals surface area contributed by atoms with Gasteiger partial charge in [0.15, 0.2) is 0 Å². The first-order valence-corrected chi connectivity index (χ1v) is 13.3. The third-order valence-electron chi connectivity index (χ3n) is 6.46. The molecular formula is C27H30N6O2S. The van der Waals surface area contributed by atoms with Crippen molar-refractivity contribution in [2.75, 3.05) is 25.0 Å². The Kier molecular flexibility index (Phi) is 7.11. The van der Waals surface area contributed by atoms with Crippen LogP contribution in [0.3, 0.4) is 0 Å². The van der Waals surface area contributed by atoms with Gasteiger partial charge >= 0.3 is 0 Å². The van der Waals surface area contributed by atoms with Gasteiger partial charge in [-0.1, -0.05) is 24.6 Å². The maximum Gasteiger partial charge on any atom is 0.286 e. The SMILES string of the molecule is CCN(C(=O)c1cc(-c2ccc(NC(=O)c3cc4cccnc4s3)cc2)nn1CC)N1CCCCC1. The van der Waals surface area contributed by atoms with E-state index >= 15 is 0 Å². The number of nitrogens with zero attached hydrogens (tertiary/aromatic N) is 5. The molecule has 9 heteroatoms. The van der Waals surface area contributed by atoms with Gasteiger partial charge in [-0.25, -0.2) is 9.99 Å². The minimum Gasteiger partial charge on any atom is -0.321 e. The number of rotatable bonds is 7. The first kappa shape index (κ1) is 24.1. The molecule has 4 heterocycles. The molecule has 36 heavy (non-hydrogen) atoms. The predicted molar refractivity (Wildman–Crippen MR) is 143 cm³/mol. The van der Waals surface area contributed by atoms with Gasteiger partial charge in [0.1, 0.15) is 10.5 Å².